The zero-order valence-electron chi connectivity index (χ0n) is 14.7. The number of rotatable bonds is 4. The van der Waals surface area contributed by atoms with Crippen molar-refractivity contribution in [3.05, 3.63) is 62.7 Å². The van der Waals surface area contributed by atoms with Crippen LogP contribution in [0.4, 0.5) is 4.39 Å². The maximum atomic E-state index is 13.2. The van der Waals surface area contributed by atoms with Gasteiger partial charge < -0.3 is 9.30 Å². The molecule has 0 radical (unpaired) electrons. The van der Waals surface area contributed by atoms with E-state index in [4.69, 9.17) is 16.3 Å². The van der Waals surface area contributed by atoms with Crippen LogP contribution in [-0.2, 0) is 11.3 Å². The molecule has 1 amide bonds. The van der Waals surface area contributed by atoms with Crippen molar-refractivity contribution in [2.45, 2.75) is 20.4 Å². The van der Waals surface area contributed by atoms with E-state index < -0.39 is 11.7 Å². The third kappa shape index (κ3) is 3.72. The normalized spacial score (nSPS) is 12.1. The van der Waals surface area contributed by atoms with E-state index in [1.807, 2.05) is 18.4 Å². The van der Waals surface area contributed by atoms with Crippen LogP contribution in [0.15, 0.2) is 35.3 Å². The summed E-state index contributed by atoms with van der Waals surface area (Å²) in [5, 5.41) is 0.0509. The lowest BCUT2D eigenvalue weighted by Crippen LogP contribution is -2.19. The summed E-state index contributed by atoms with van der Waals surface area (Å²) in [6, 6.07) is 7.84. The van der Waals surface area contributed by atoms with Gasteiger partial charge in [0.1, 0.15) is 5.82 Å². The first kappa shape index (κ1) is 18.8. The van der Waals surface area contributed by atoms with Crippen LogP contribution in [0.25, 0.3) is 10.2 Å². The van der Waals surface area contributed by atoms with Crippen LogP contribution in [0, 0.1) is 19.7 Å². The number of carbonyl (C=O) groups excluding carboxylic acids is 1. The van der Waals surface area contributed by atoms with Crippen LogP contribution in [0.5, 0.6) is 0 Å². The standard InChI is InChI=1S/C19H18ClFN2O2S/c1-11-8-16-17(9-12(11)2)26-19(23(16)6-7-25-3)22-18(24)14-5-4-13(21)10-15(14)20/h4-5,8-10H,6-7H2,1-3H3. The molecule has 0 saturated carbocycles. The molecule has 3 rings (SSSR count). The minimum atomic E-state index is -0.499. The molecule has 2 aromatic carbocycles. The summed E-state index contributed by atoms with van der Waals surface area (Å²) >= 11 is 7.42. The van der Waals surface area contributed by atoms with Crippen molar-refractivity contribution in [3.8, 4) is 0 Å². The summed E-state index contributed by atoms with van der Waals surface area (Å²) in [6.45, 7) is 5.17. The highest BCUT2D eigenvalue weighted by Gasteiger charge is 2.13. The lowest BCUT2D eigenvalue weighted by Gasteiger charge is -2.06. The second-order valence-corrected chi connectivity index (χ2v) is 7.39. The van der Waals surface area contributed by atoms with Crippen LogP contribution in [-0.4, -0.2) is 24.2 Å². The Bertz CT molecular complexity index is 1060. The molecule has 0 aliphatic heterocycles. The largest absolute Gasteiger partial charge is 0.383 e. The van der Waals surface area contributed by atoms with Gasteiger partial charge in [0.05, 0.1) is 27.4 Å². The number of hydrogen-bond donors (Lipinski definition) is 0. The van der Waals surface area contributed by atoms with Gasteiger partial charge in [0.25, 0.3) is 5.91 Å². The third-order valence-corrected chi connectivity index (χ3v) is 5.53. The van der Waals surface area contributed by atoms with Crippen LogP contribution >= 0.6 is 22.9 Å². The molecule has 0 unspecified atom stereocenters. The maximum Gasteiger partial charge on any atom is 0.281 e. The third-order valence-electron chi connectivity index (χ3n) is 4.18. The van der Waals surface area contributed by atoms with Gasteiger partial charge in [-0.1, -0.05) is 22.9 Å². The molecule has 26 heavy (non-hydrogen) atoms. The molecule has 136 valence electrons. The molecule has 0 N–H and O–H groups in total. The number of ether oxygens (including phenoxy) is 1. The Kier molecular flexibility index (Phi) is 5.55. The van der Waals surface area contributed by atoms with E-state index >= 15 is 0 Å². The number of hydrogen-bond acceptors (Lipinski definition) is 3. The lowest BCUT2D eigenvalue weighted by atomic mass is 10.1. The molecule has 1 aromatic heterocycles. The number of methoxy groups -OCH3 is 1. The summed E-state index contributed by atoms with van der Waals surface area (Å²) in [6.07, 6.45) is 0. The number of halogens is 2. The summed E-state index contributed by atoms with van der Waals surface area (Å²) in [5.74, 6) is -0.990. The van der Waals surface area contributed by atoms with Gasteiger partial charge in [-0.15, -0.1) is 0 Å². The molecule has 0 aliphatic carbocycles. The van der Waals surface area contributed by atoms with E-state index in [-0.39, 0.29) is 10.6 Å². The van der Waals surface area contributed by atoms with Crippen LogP contribution < -0.4 is 4.80 Å². The molecule has 0 saturated heterocycles. The minimum Gasteiger partial charge on any atom is -0.383 e. The summed E-state index contributed by atoms with van der Waals surface area (Å²) in [4.78, 5) is 17.4. The van der Waals surface area contributed by atoms with Gasteiger partial charge in [-0.3, -0.25) is 4.79 Å². The quantitative estimate of drug-likeness (QED) is 0.656. The predicted molar refractivity (Wildman–Crippen MR) is 102 cm³/mol. The fourth-order valence-electron chi connectivity index (χ4n) is 2.62. The number of aryl methyl sites for hydroxylation is 2. The van der Waals surface area contributed by atoms with Crippen molar-refractivity contribution in [2.24, 2.45) is 4.99 Å². The average molecular weight is 393 g/mol. The molecular weight excluding hydrogens is 375 g/mol. The molecule has 0 bridgehead atoms. The molecule has 4 nitrogen and oxygen atoms in total. The Morgan fingerprint density at radius 1 is 1.27 bits per heavy atom. The highest BCUT2D eigenvalue weighted by molar-refractivity contribution is 7.16. The van der Waals surface area contributed by atoms with E-state index in [0.29, 0.717) is 18.0 Å². The van der Waals surface area contributed by atoms with Gasteiger partial charge in [0, 0.05) is 13.7 Å². The zero-order valence-corrected chi connectivity index (χ0v) is 16.2. The Morgan fingerprint density at radius 3 is 2.69 bits per heavy atom. The molecule has 0 aliphatic rings. The van der Waals surface area contributed by atoms with Crippen LogP contribution in [0.2, 0.25) is 5.02 Å². The first-order chi connectivity index (χ1) is 12.4. The van der Waals surface area contributed by atoms with E-state index in [9.17, 15) is 9.18 Å². The Balaban J connectivity index is 2.15. The number of thiazole rings is 1. The van der Waals surface area contributed by atoms with Crippen LogP contribution in [0.3, 0.4) is 0 Å². The van der Waals surface area contributed by atoms with Crippen molar-refractivity contribution >= 4 is 39.1 Å². The van der Waals surface area contributed by atoms with Crippen molar-refractivity contribution in [2.75, 3.05) is 13.7 Å². The first-order valence-electron chi connectivity index (χ1n) is 8.04. The lowest BCUT2D eigenvalue weighted by molar-refractivity contribution is 0.0997. The number of nitrogens with zero attached hydrogens (tertiary/aromatic N) is 2. The number of amides is 1. The monoisotopic (exact) mass is 392 g/mol. The van der Waals surface area contributed by atoms with Gasteiger partial charge >= 0.3 is 0 Å². The van der Waals surface area contributed by atoms with Gasteiger partial charge in [-0.05, 0) is 55.3 Å². The average Bonchev–Trinajstić information content (AvgIpc) is 2.89. The van der Waals surface area contributed by atoms with Gasteiger partial charge in [-0.25, -0.2) is 4.39 Å². The van der Waals surface area contributed by atoms with Gasteiger partial charge in [0.2, 0.25) is 0 Å². The first-order valence-corrected chi connectivity index (χ1v) is 9.24. The van der Waals surface area contributed by atoms with E-state index in [1.54, 1.807) is 7.11 Å². The predicted octanol–water partition coefficient (Wildman–Crippen LogP) is 4.50. The van der Waals surface area contributed by atoms with Gasteiger partial charge in [-0.2, -0.15) is 4.99 Å². The van der Waals surface area contributed by atoms with Crippen molar-refractivity contribution in [3.63, 3.8) is 0 Å². The van der Waals surface area contributed by atoms with E-state index in [2.05, 4.69) is 17.1 Å². The number of fused-ring (bicyclic) bond motifs is 1. The molecule has 1 heterocycles. The second kappa shape index (κ2) is 7.70. The summed E-state index contributed by atoms with van der Waals surface area (Å²) in [5.41, 5.74) is 3.53. The smallest absolute Gasteiger partial charge is 0.281 e. The molecule has 0 spiro atoms. The van der Waals surface area contributed by atoms with Crippen LogP contribution in [0.1, 0.15) is 21.5 Å². The summed E-state index contributed by atoms with van der Waals surface area (Å²) < 4.78 is 21.4. The Labute approximate surface area is 159 Å². The van der Waals surface area contributed by atoms with Crippen molar-refractivity contribution in [1.82, 2.24) is 4.57 Å². The topological polar surface area (TPSA) is 43.6 Å². The highest BCUT2D eigenvalue weighted by Crippen LogP contribution is 2.23. The summed E-state index contributed by atoms with van der Waals surface area (Å²) in [7, 11) is 1.63. The number of benzene rings is 2. The fraction of sp³-hybridized carbons (Fsp3) is 0.263. The molecule has 7 heteroatoms. The molecule has 0 atom stereocenters. The number of carbonyl (C=O) groups is 1. The van der Waals surface area contributed by atoms with Crippen molar-refractivity contribution in [1.29, 1.82) is 0 Å². The SMILES string of the molecule is COCCn1c(=NC(=O)c2ccc(F)cc2Cl)sc2cc(C)c(C)cc21. The minimum absolute atomic E-state index is 0.0509. The van der Waals surface area contributed by atoms with Crippen molar-refractivity contribution < 1.29 is 13.9 Å². The second-order valence-electron chi connectivity index (χ2n) is 5.97. The fourth-order valence-corrected chi connectivity index (χ4v) is 4.00. The zero-order chi connectivity index (χ0) is 18.8. The maximum absolute atomic E-state index is 13.2. The highest BCUT2D eigenvalue weighted by atomic mass is 35.5. The Hall–Kier alpha value is -2.02. The molecule has 3 aromatic rings. The van der Waals surface area contributed by atoms with E-state index in [0.717, 1.165) is 16.3 Å². The molecule has 0 fully saturated rings. The van der Waals surface area contributed by atoms with Gasteiger partial charge in [0.15, 0.2) is 4.80 Å². The molecular formula is C19H18ClFN2O2S. The Morgan fingerprint density at radius 2 is 2.00 bits per heavy atom. The number of aromatic nitrogens is 1. The van der Waals surface area contributed by atoms with E-state index in [1.165, 1.54) is 34.6 Å².